The zero-order chi connectivity index (χ0) is 26.6. The van der Waals surface area contributed by atoms with E-state index in [1.54, 1.807) is 19.2 Å². The first-order valence-corrected chi connectivity index (χ1v) is 13.0. The molecule has 0 aliphatic rings. The van der Waals surface area contributed by atoms with E-state index in [0.717, 1.165) is 43.2 Å². The van der Waals surface area contributed by atoms with Gasteiger partial charge < -0.3 is 19.3 Å². The summed E-state index contributed by atoms with van der Waals surface area (Å²) in [7, 11) is 1.56. The lowest BCUT2D eigenvalue weighted by Crippen LogP contribution is -2.06. The fourth-order valence-electron chi connectivity index (χ4n) is 4.34. The monoisotopic (exact) mass is 508 g/mol. The number of methoxy groups -OCH3 is 1. The molecule has 0 radical (unpaired) electrons. The van der Waals surface area contributed by atoms with Crippen LogP contribution in [0.25, 0.3) is 11.1 Å². The minimum Gasteiger partial charge on any atom is -0.497 e. The number of benzene rings is 3. The maximum Gasteiger partial charge on any atom is 0.303 e. The Labute approximate surface area is 219 Å². The van der Waals surface area contributed by atoms with Gasteiger partial charge in [-0.2, -0.15) is 0 Å². The predicted molar refractivity (Wildman–Crippen MR) is 144 cm³/mol. The third-order valence-electron chi connectivity index (χ3n) is 6.31. The van der Waals surface area contributed by atoms with Crippen LogP contribution >= 0.6 is 0 Å². The molecule has 6 heteroatoms. The third kappa shape index (κ3) is 8.24. The molecule has 37 heavy (non-hydrogen) atoms. The summed E-state index contributed by atoms with van der Waals surface area (Å²) in [5.41, 5.74) is 2.93. The summed E-state index contributed by atoms with van der Waals surface area (Å²) in [6, 6.07) is 18.0. The summed E-state index contributed by atoms with van der Waals surface area (Å²) in [6.07, 6.45) is 4.86. The van der Waals surface area contributed by atoms with Gasteiger partial charge in [0, 0.05) is 11.1 Å². The van der Waals surface area contributed by atoms with E-state index in [9.17, 15) is 14.3 Å². The van der Waals surface area contributed by atoms with Crippen LogP contribution in [0.3, 0.4) is 0 Å². The van der Waals surface area contributed by atoms with Crippen molar-refractivity contribution in [1.82, 2.24) is 0 Å². The van der Waals surface area contributed by atoms with Crippen molar-refractivity contribution in [1.29, 1.82) is 0 Å². The molecule has 1 atom stereocenters. The quantitative estimate of drug-likeness (QED) is 0.211. The molecule has 0 aromatic heterocycles. The molecule has 0 aliphatic heterocycles. The summed E-state index contributed by atoms with van der Waals surface area (Å²) >= 11 is 0. The van der Waals surface area contributed by atoms with Crippen LogP contribution in [-0.4, -0.2) is 24.8 Å². The predicted octanol–water partition coefficient (Wildman–Crippen LogP) is 8.01. The molecule has 0 spiro atoms. The molecular weight excluding hydrogens is 471 g/mol. The number of carboxylic acid groups (broad SMARTS) is 1. The Balaban J connectivity index is 1.82. The Morgan fingerprint density at radius 2 is 1.76 bits per heavy atom. The van der Waals surface area contributed by atoms with Crippen molar-refractivity contribution in [3.63, 3.8) is 0 Å². The molecule has 0 saturated carbocycles. The fraction of sp³-hybridized carbons (Fsp3) is 0.387. The van der Waals surface area contributed by atoms with Crippen molar-refractivity contribution in [2.45, 2.75) is 64.9 Å². The molecule has 3 aromatic carbocycles. The van der Waals surface area contributed by atoms with E-state index in [1.165, 1.54) is 6.07 Å². The molecule has 3 rings (SSSR count). The smallest absolute Gasteiger partial charge is 0.303 e. The molecule has 1 N–H and O–H groups in total. The summed E-state index contributed by atoms with van der Waals surface area (Å²) < 4.78 is 32.2. The number of halogens is 1. The minimum atomic E-state index is -0.802. The highest BCUT2D eigenvalue weighted by molar-refractivity contribution is 5.72. The number of unbranched alkanes of at least 4 members (excludes halogenated alkanes) is 2. The highest BCUT2D eigenvalue weighted by atomic mass is 19.1. The highest BCUT2D eigenvalue weighted by Crippen LogP contribution is 2.35. The molecule has 5 nitrogen and oxygen atoms in total. The second-order valence-electron chi connectivity index (χ2n) is 9.18. The van der Waals surface area contributed by atoms with E-state index in [1.807, 2.05) is 42.5 Å². The first-order valence-electron chi connectivity index (χ1n) is 13.0. The molecular formula is C31H37FO5. The van der Waals surface area contributed by atoms with Crippen LogP contribution in [-0.2, 0) is 11.4 Å². The van der Waals surface area contributed by atoms with E-state index in [2.05, 4.69) is 13.8 Å². The van der Waals surface area contributed by atoms with Gasteiger partial charge in [0.15, 0.2) is 0 Å². The van der Waals surface area contributed by atoms with Gasteiger partial charge in [-0.25, -0.2) is 4.39 Å². The molecule has 0 unspecified atom stereocenters. The number of hydrogen-bond donors (Lipinski definition) is 1. The van der Waals surface area contributed by atoms with Crippen LogP contribution in [0, 0.1) is 5.82 Å². The molecule has 198 valence electrons. The fourth-order valence-corrected chi connectivity index (χ4v) is 4.34. The topological polar surface area (TPSA) is 65.0 Å². The molecule has 0 bridgehead atoms. The Hall–Kier alpha value is -3.54. The molecule has 0 heterocycles. The minimum absolute atomic E-state index is 0.0498. The Bertz CT molecular complexity index is 1160. The zero-order valence-electron chi connectivity index (χ0n) is 22.0. The lowest BCUT2D eigenvalue weighted by molar-refractivity contribution is -0.137. The lowest BCUT2D eigenvalue weighted by Gasteiger charge is -2.17. The number of aliphatic carboxylic acids is 1. The van der Waals surface area contributed by atoms with Crippen LogP contribution in [0.5, 0.6) is 17.2 Å². The van der Waals surface area contributed by atoms with Crippen LogP contribution in [0.2, 0.25) is 0 Å². The summed E-state index contributed by atoms with van der Waals surface area (Å²) in [6.45, 7) is 5.03. The first-order chi connectivity index (χ1) is 17.9. The van der Waals surface area contributed by atoms with Gasteiger partial charge in [-0.15, -0.1) is 0 Å². The summed E-state index contributed by atoms with van der Waals surface area (Å²) in [5.74, 6) is 0.655. The van der Waals surface area contributed by atoms with Crippen LogP contribution < -0.4 is 14.2 Å². The Morgan fingerprint density at radius 1 is 0.919 bits per heavy atom. The number of carboxylic acids is 1. The van der Waals surface area contributed by atoms with Crippen molar-refractivity contribution in [2.75, 3.05) is 13.7 Å². The second-order valence-corrected chi connectivity index (χ2v) is 9.18. The number of rotatable bonds is 15. The van der Waals surface area contributed by atoms with E-state index in [0.29, 0.717) is 41.6 Å². The van der Waals surface area contributed by atoms with Gasteiger partial charge >= 0.3 is 5.97 Å². The van der Waals surface area contributed by atoms with Gasteiger partial charge in [0.05, 0.1) is 20.1 Å². The standard InChI is InChI=1S/C31H37FO5/c1-4-6-7-16-36-30-17-22(12-14-27(30)28-20-25(35-3)13-15-29(28)32)21-37-26-11-8-10-24(18-26)23(9-5-2)19-31(33)34/h8,10-15,17-18,20,23H,4-7,9,16,19,21H2,1-3H3,(H,33,34)/t23-/m1/s1. The maximum atomic E-state index is 14.7. The van der Waals surface area contributed by atoms with Gasteiger partial charge in [0.2, 0.25) is 0 Å². The van der Waals surface area contributed by atoms with Crippen molar-refractivity contribution >= 4 is 5.97 Å². The van der Waals surface area contributed by atoms with E-state index in [4.69, 9.17) is 14.2 Å². The van der Waals surface area contributed by atoms with Gasteiger partial charge in [0.1, 0.15) is 29.7 Å². The average molecular weight is 509 g/mol. The van der Waals surface area contributed by atoms with Crippen molar-refractivity contribution in [3.05, 3.63) is 77.6 Å². The molecule has 0 saturated heterocycles. The van der Waals surface area contributed by atoms with E-state index < -0.39 is 5.97 Å². The Kier molecular flexibility index (Phi) is 10.8. The van der Waals surface area contributed by atoms with Crippen LogP contribution in [0.15, 0.2) is 60.7 Å². The summed E-state index contributed by atoms with van der Waals surface area (Å²) in [5, 5.41) is 9.29. The van der Waals surface area contributed by atoms with Gasteiger partial charge in [-0.3, -0.25) is 4.79 Å². The number of carbonyl (C=O) groups is 1. The molecule has 3 aromatic rings. The Morgan fingerprint density at radius 3 is 2.49 bits per heavy atom. The van der Waals surface area contributed by atoms with Gasteiger partial charge in [-0.05, 0) is 66.3 Å². The normalized spacial score (nSPS) is 11.7. The van der Waals surface area contributed by atoms with E-state index >= 15 is 0 Å². The maximum absolute atomic E-state index is 14.7. The summed E-state index contributed by atoms with van der Waals surface area (Å²) in [4.78, 5) is 11.3. The lowest BCUT2D eigenvalue weighted by atomic mass is 9.91. The van der Waals surface area contributed by atoms with Crippen molar-refractivity contribution < 1.29 is 28.5 Å². The highest BCUT2D eigenvalue weighted by Gasteiger charge is 2.16. The average Bonchev–Trinajstić information content (AvgIpc) is 2.90. The second kappa shape index (κ2) is 14.3. The van der Waals surface area contributed by atoms with Gasteiger partial charge in [-0.1, -0.05) is 57.4 Å². The zero-order valence-corrected chi connectivity index (χ0v) is 22.0. The van der Waals surface area contributed by atoms with Crippen molar-refractivity contribution in [3.8, 4) is 28.4 Å². The largest absolute Gasteiger partial charge is 0.497 e. The molecule has 0 aliphatic carbocycles. The van der Waals surface area contributed by atoms with Crippen LogP contribution in [0.1, 0.15) is 69.4 Å². The van der Waals surface area contributed by atoms with Crippen molar-refractivity contribution in [2.24, 2.45) is 0 Å². The van der Waals surface area contributed by atoms with Crippen LogP contribution in [0.4, 0.5) is 4.39 Å². The number of ether oxygens (including phenoxy) is 3. The SMILES string of the molecule is CCCCCOc1cc(COc2cccc([C@H](CCC)CC(=O)O)c2)ccc1-c1cc(OC)ccc1F. The van der Waals surface area contributed by atoms with E-state index in [-0.39, 0.29) is 18.2 Å². The molecule has 0 fully saturated rings. The third-order valence-corrected chi connectivity index (χ3v) is 6.31. The van der Waals surface area contributed by atoms with Gasteiger partial charge in [0.25, 0.3) is 0 Å². The number of hydrogen-bond acceptors (Lipinski definition) is 4. The first kappa shape index (κ1) is 28.0. The molecule has 0 amide bonds.